The van der Waals surface area contributed by atoms with E-state index >= 15 is 0 Å². The molecule has 2 amide bonds. The summed E-state index contributed by atoms with van der Waals surface area (Å²) in [4.78, 5) is 24.2. The first-order chi connectivity index (χ1) is 15.1. The van der Waals surface area contributed by atoms with Gasteiger partial charge in [-0.05, 0) is 66.6 Å². The average Bonchev–Trinajstić information content (AvgIpc) is 2.79. The zero-order chi connectivity index (χ0) is 22.1. The van der Waals surface area contributed by atoms with Crippen LogP contribution >= 0.6 is 0 Å². The van der Waals surface area contributed by atoms with Gasteiger partial charge in [-0.1, -0.05) is 25.1 Å². The van der Waals surface area contributed by atoms with Crippen molar-refractivity contribution in [3.8, 4) is 17.6 Å². The van der Waals surface area contributed by atoms with E-state index in [1.165, 1.54) is 0 Å². The van der Waals surface area contributed by atoms with Crippen LogP contribution in [-0.2, 0) is 11.3 Å². The minimum atomic E-state index is -0.217. The van der Waals surface area contributed by atoms with Crippen molar-refractivity contribution >= 4 is 17.5 Å². The Morgan fingerprint density at radius 1 is 0.968 bits per heavy atom. The Bertz CT molecular complexity index is 1080. The van der Waals surface area contributed by atoms with E-state index in [1.807, 2.05) is 31.2 Å². The van der Waals surface area contributed by atoms with Gasteiger partial charge in [0.05, 0.1) is 11.6 Å². The highest BCUT2D eigenvalue weighted by molar-refractivity contribution is 5.94. The molecule has 0 aromatic heterocycles. The van der Waals surface area contributed by atoms with Crippen molar-refractivity contribution in [1.82, 2.24) is 5.32 Å². The fraction of sp³-hybridized carbons (Fsp3) is 0.160. The molecule has 0 fully saturated rings. The van der Waals surface area contributed by atoms with Crippen LogP contribution in [0.4, 0.5) is 5.69 Å². The molecule has 0 aliphatic carbocycles. The van der Waals surface area contributed by atoms with Gasteiger partial charge in [-0.2, -0.15) is 5.26 Å². The lowest BCUT2D eigenvalue weighted by Gasteiger charge is -2.09. The van der Waals surface area contributed by atoms with E-state index in [1.54, 1.807) is 48.5 Å². The molecule has 2 N–H and O–H groups in total. The summed E-state index contributed by atoms with van der Waals surface area (Å²) in [6, 6.07) is 23.1. The number of benzene rings is 3. The number of hydrogen-bond donors (Lipinski definition) is 2. The van der Waals surface area contributed by atoms with Crippen molar-refractivity contribution in [2.24, 2.45) is 0 Å². The number of nitrogens with zero attached hydrogens (tertiary/aromatic N) is 1. The number of nitriles is 1. The van der Waals surface area contributed by atoms with Crippen molar-refractivity contribution in [1.29, 1.82) is 5.26 Å². The number of nitrogens with one attached hydrogen (secondary N) is 2. The molecule has 3 rings (SSSR count). The highest BCUT2D eigenvalue weighted by Gasteiger charge is 2.08. The quantitative estimate of drug-likeness (QED) is 0.542. The summed E-state index contributed by atoms with van der Waals surface area (Å²) in [5, 5.41) is 14.6. The average molecular weight is 413 g/mol. The van der Waals surface area contributed by atoms with Crippen LogP contribution in [0.5, 0.6) is 11.5 Å². The summed E-state index contributed by atoms with van der Waals surface area (Å²) in [5.41, 5.74) is 2.69. The van der Waals surface area contributed by atoms with Crippen LogP contribution in [0.15, 0.2) is 72.8 Å². The second-order valence-corrected chi connectivity index (χ2v) is 6.94. The molecular weight excluding hydrogens is 390 g/mol. The molecule has 0 radical (unpaired) electrons. The van der Waals surface area contributed by atoms with Gasteiger partial charge in [-0.15, -0.1) is 0 Å². The molecule has 0 heterocycles. The first kappa shape index (κ1) is 21.6. The van der Waals surface area contributed by atoms with Gasteiger partial charge in [-0.25, -0.2) is 0 Å². The SMILES string of the molecule is CCCC(=O)Nc1ccc(CNC(=O)c2cccc(Oc3ccc(C#N)cc3)c2)cc1. The van der Waals surface area contributed by atoms with Gasteiger partial charge < -0.3 is 15.4 Å². The van der Waals surface area contributed by atoms with Crippen LogP contribution in [0.25, 0.3) is 0 Å². The van der Waals surface area contributed by atoms with Crippen molar-refractivity contribution < 1.29 is 14.3 Å². The summed E-state index contributed by atoms with van der Waals surface area (Å²) in [5.74, 6) is 0.893. The highest BCUT2D eigenvalue weighted by Crippen LogP contribution is 2.22. The fourth-order valence-electron chi connectivity index (χ4n) is 2.88. The number of hydrogen-bond acceptors (Lipinski definition) is 4. The lowest BCUT2D eigenvalue weighted by Crippen LogP contribution is -2.22. The molecule has 0 aliphatic rings. The van der Waals surface area contributed by atoms with Gasteiger partial charge in [0.15, 0.2) is 0 Å². The molecule has 0 saturated carbocycles. The van der Waals surface area contributed by atoms with Crippen LogP contribution < -0.4 is 15.4 Å². The Hall–Kier alpha value is -4.11. The summed E-state index contributed by atoms with van der Waals surface area (Å²) < 4.78 is 5.77. The minimum absolute atomic E-state index is 0.00772. The Morgan fingerprint density at radius 3 is 2.39 bits per heavy atom. The van der Waals surface area contributed by atoms with Crippen LogP contribution in [-0.4, -0.2) is 11.8 Å². The molecule has 0 spiro atoms. The smallest absolute Gasteiger partial charge is 0.251 e. The van der Waals surface area contributed by atoms with E-state index in [-0.39, 0.29) is 11.8 Å². The van der Waals surface area contributed by atoms with E-state index in [0.717, 1.165) is 17.7 Å². The lowest BCUT2D eigenvalue weighted by atomic mass is 10.1. The van der Waals surface area contributed by atoms with Crippen LogP contribution in [0.2, 0.25) is 0 Å². The third kappa shape index (κ3) is 6.44. The number of ether oxygens (including phenoxy) is 1. The Balaban J connectivity index is 1.56. The van der Waals surface area contributed by atoms with Crippen LogP contribution in [0, 0.1) is 11.3 Å². The number of amides is 2. The second kappa shape index (κ2) is 10.6. The highest BCUT2D eigenvalue weighted by atomic mass is 16.5. The number of rotatable bonds is 8. The number of carbonyl (C=O) groups is 2. The van der Waals surface area contributed by atoms with Gasteiger partial charge >= 0.3 is 0 Å². The van der Waals surface area contributed by atoms with Gasteiger partial charge in [0, 0.05) is 24.2 Å². The van der Waals surface area contributed by atoms with E-state index in [2.05, 4.69) is 16.7 Å². The van der Waals surface area contributed by atoms with E-state index in [9.17, 15) is 9.59 Å². The molecule has 6 heteroatoms. The van der Waals surface area contributed by atoms with E-state index in [0.29, 0.717) is 35.6 Å². The molecule has 6 nitrogen and oxygen atoms in total. The standard InChI is InChI=1S/C25H23N3O3/c1-2-4-24(29)28-21-11-7-19(8-12-21)17-27-25(30)20-5-3-6-23(15-20)31-22-13-9-18(16-26)10-14-22/h3,5-15H,2,4,17H2,1H3,(H,27,30)(H,28,29). The number of carbonyl (C=O) groups excluding carboxylic acids is 2. The maximum atomic E-state index is 12.5. The third-order valence-electron chi connectivity index (χ3n) is 4.48. The van der Waals surface area contributed by atoms with E-state index in [4.69, 9.17) is 10.00 Å². The predicted octanol–water partition coefficient (Wildman–Crippen LogP) is 5.02. The largest absolute Gasteiger partial charge is 0.457 e. The third-order valence-corrected chi connectivity index (χ3v) is 4.48. The molecule has 0 atom stereocenters. The Morgan fingerprint density at radius 2 is 1.71 bits per heavy atom. The molecule has 0 aliphatic heterocycles. The Labute approximate surface area is 181 Å². The van der Waals surface area contributed by atoms with E-state index < -0.39 is 0 Å². The second-order valence-electron chi connectivity index (χ2n) is 6.94. The van der Waals surface area contributed by atoms with Crippen molar-refractivity contribution in [2.45, 2.75) is 26.3 Å². The van der Waals surface area contributed by atoms with Crippen LogP contribution in [0.1, 0.15) is 41.3 Å². The number of anilines is 1. The summed E-state index contributed by atoms with van der Waals surface area (Å²) in [6.45, 7) is 2.32. The van der Waals surface area contributed by atoms with Crippen molar-refractivity contribution in [3.63, 3.8) is 0 Å². The van der Waals surface area contributed by atoms with Gasteiger partial charge in [0.1, 0.15) is 11.5 Å². The topological polar surface area (TPSA) is 91.2 Å². The van der Waals surface area contributed by atoms with Crippen molar-refractivity contribution in [3.05, 3.63) is 89.5 Å². The predicted molar refractivity (Wildman–Crippen MR) is 119 cm³/mol. The van der Waals surface area contributed by atoms with Gasteiger partial charge in [0.25, 0.3) is 5.91 Å². The molecule has 3 aromatic rings. The van der Waals surface area contributed by atoms with Gasteiger partial charge in [0.2, 0.25) is 5.91 Å². The molecule has 3 aromatic carbocycles. The fourth-order valence-corrected chi connectivity index (χ4v) is 2.88. The monoisotopic (exact) mass is 413 g/mol. The summed E-state index contributed by atoms with van der Waals surface area (Å²) in [6.07, 6.45) is 1.29. The minimum Gasteiger partial charge on any atom is -0.457 e. The normalized spacial score (nSPS) is 10.1. The maximum Gasteiger partial charge on any atom is 0.251 e. The first-order valence-electron chi connectivity index (χ1n) is 10.0. The van der Waals surface area contributed by atoms with Gasteiger partial charge in [-0.3, -0.25) is 9.59 Å². The summed E-state index contributed by atoms with van der Waals surface area (Å²) in [7, 11) is 0. The lowest BCUT2D eigenvalue weighted by molar-refractivity contribution is -0.116. The maximum absolute atomic E-state index is 12.5. The van der Waals surface area contributed by atoms with Crippen LogP contribution in [0.3, 0.4) is 0 Å². The molecule has 0 unspecified atom stereocenters. The molecule has 156 valence electrons. The molecule has 0 saturated heterocycles. The molecular formula is C25H23N3O3. The zero-order valence-corrected chi connectivity index (χ0v) is 17.2. The zero-order valence-electron chi connectivity index (χ0n) is 17.2. The summed E-state index contributed by atoms with van der Waals surface area (Å²) >= 11 is 0. The molecule has 0 bridgehead atoms. The molecule has 31 heavy (non-hydrogen) atoms. The van der Waals surface area contributed by atoms with Crippen molar-refractivity contribution in [2.75, 3.05) is 5.32 Å². The first-order valence-corrected chi connectivity index (χ1v) is 10.0. The Kier molecular flexibility index (Phi) is 7.39.